The Kier molecular flexibility index (Phi) is 2.61. The number of imide groups is 1. The van der Waals surface area contributed by atoms with Crippen LogP contribution in [-0.4, -0.2) is 17.6 Å². The average Bonchev–Trinajstić information content (AvgIpc) is 2.72. The highest BCUT2D eigenvalue weighted by atomic mass is 16.2. The van der Waals surface area contributed by atoms with Gasteiger partial charge in [0.2, 0.25) is 0 Å². The minimum absolute atomic E-state index is 0.108. The van der Waals surface area contributed by atoms with Gasteiger partial charge < -0.3 is 5.73 Å². The minimum Gasteiger partial charge on any atom is -0.384 e. The molecule has 0 bridgehead atoms. The van der Waals surface area contributed by atoms with Crippen LogP contribution in [-0.2, 0) is 0 Å². The number of anilines is 1. The van der Waals surface area contributed by atoms with Crippen LogP contribution in [0.3, 0.4) is 0 Å². The Balaban J connectivity index is 2.09. The van der Waals surface area contributed by atoms with Crippen molar-refractivity contribution in [2.24, 2.45) is 5.73 Å². The number of amides is 2. The highest BCUT2D eigenvalue weighted by Gasteiger charge is 2.36. The highest BCUT2D eigenvalue weighted by Crippen LogP contribution is 2.28. The molecular formula is C15H11N3O2. The summed E-state index contributed by atoms with van der Waals surface area (Å²) in [6.45, 7) is 0. The topological polar surface area (TPSA) is 87.2 Å². The number of nitrogens with two attached hydrogens (primary N) is 1. The summed E-state index contributed by atoms with van der Waals surface area (Å²) in [6, 6.07) is 13.2. The number of benzene rings is 2. The van der Waals surface area contributed by atoms with E-state index in [9.17, 15) is 9.59 Å². The zero-order valence-electron chi connectivity index (χ0n) is 10.5. The van der Waals surface area contributed by atoms with Crippen LogP contribution in [0.25, 0.3) is 0 Å². The zero-order chi connectivity index (χ0) is 14.3. The molecular weight excluding hydrogens is 254 g/mol. The number of nitrogen functional groups attached to an aromatic ring is 1. The van der Waals surface area contributed by atoms with E-state index in [-0.39, 0.29) is 17.6 Å². The van der Waals surface area contributed by atoms with Gasteiger partial charge in [0.05, 0.1) is 16.8 Å². The molecule has 98 valence electrons. The molecule has 0 aromatic heterocycles. The maximum absolute atomic E-state index is 12.3. The number of fused-ring (bicyclic) bond motifs is 1. The third-order valence-electron chi connectivity index (χ3n) is 3.21. The van der Waals surface area contributed by atoms with Crippen molar-refractivity contribution in [1.82, 2.24) is 0 Å². The maximum atomic E-state index is 12.3. The monoisotopic (exact) mass is 265 g/mol. The molecule has 0 aliphatic carbocycles. The van der Waals surface area contributed by atoms with Crippen molar-refractivity contribution in [3.63, 3.8) is 0 Å². The first-order chi connectivity index (χ1) is 9.59. The maximum Gasteiger partial charge on any atom is 0.266 e. The van der Waals surface area contributed by atoms with Gasteiger partial charge in [0.1, 0.15) is 5.84 Å². The Morgan fingerprint density at radius 2 is 1.55 bits per heavy atom. The molecule has 0 fully saturated rings. The van der Waals surface area contributed by atoms with Crippen molar-refractivity contribution >= 4 is 23.3 Å². The Labute approximate surface area is 115 Å². The molecule has 3 rings (SSSR count). The van der Waals surface area contributed by atoms with Gasteiger partial charge in [-0.1, -0.05) is 24.3 Å². The molecule has 1 aliphatic heterocycles. The van der Waals surface area contributed by atoms with E-state index >= 15 is 0 Å². The fraction of sp³-hybridized carbons (Fsp3) is 0. The highest BCUT2D eigenvalue weighted by molar-refractivity contribution is 6.34. The third-order valence-corrected chi connectivity index (χ3v) is 3.21. The predicted octanol–water partition coefficient (Wildman–Crippen LogP) is 1.77. The van der Waals surface area contributed by atoms with Crippen molar-refractivity contribution in [3.05, 3.63) is 65.2 Å². The van der Waals surface area contributed by atoms with Crippen molar-refractivity contribution in [2.45, 2.75) is 0 Å². The molecule has 0 radical (unpaired) electrons. The first-order valence-corrected chi connectivity index (χ1v) is 6.02. The van der Waals surface area contributed by atoms with E-state index < -0.39 is 0 Å². The van der Waals surface area contributed by atoms with Crippen LogP contribution < -0.4 is 10.6 Å². The standard InChI is InChI=1S/C15H11N3O2/c16-13(17)9-4-3-5-10(8-9)18-14(19)11-6-1-2-7-12(11)15(18)20/h1-8H,(H3,16,17). The smallest absolute Gasteiger partial charge is 0.266 e. The fourth-order valence-electron chi connectivity index (χ4n) is 2.24. The molecule has 1 aliphatic rings. The zero-order valence-corrected chi connectivity index (χ0v) is 10.5. The summed E-state index contributed by atoms with van der Waals surface area (Å²) < 4.78 is 0. The number of rotatable bonds is 2. The number of carbonyl (C=O) groups is 2. The predicted molar refractivity (Wildman–Crippen MR) is 75.0 cm³/mol. The van der Waals surface area contributed by atoms with E-state index in [1.54, 1.807) is 48.5 Å². The van der Waals surface area contributed by atoms with Gasteiger partial charge in [0, 0.05) is 5.56 Å². The summed E-state index contributed by atoms with van der Waals surface area (Å²) >= 11 is 0. The van der Waals surface area contributed by atoms with Crippen LogP contribution in [0, 0.1) is 5.41 Å². The normalized spacial score (nSPS) is 13.5. The average molecular weight is 265 g/mol. The van der Waals surface area contributed by atoms with Crippen LogP contribution in [0.4, 0.5) is 5.69 Å². The molecule has 5 nitrogen and oxygen atoms in total. The second-order valence-corrected chi connectivity index (χ2v) is 4.46. The molecule has 3 N–H and O–H groups in total. The summed E-state index contributed by atoms with van der Waals surface area (Å²) in [6.07, 6.45) is 0. The van der Waals surface area contributed by atoms with Gasteiger partial charge in [-0.3, -0.25) is 15.0 Å². The Morgan fingerprint density at radius 3 is 2.10 bits per heavy atom. The molecule has 2 aromatic carbocycles. The van der Waals surface area contributed by atoms with Crippen molar-refractivity contribution in [1.29, 1.82) is 5.41 Å². The molecule has 0 saturated carbocycles. The van der Waals surface area contributed by atoms with E-state index in [1.165, 1.54) is 0 Å². The lowest BCUT2D eigenvalue weighted by Crippen LogP contribution is -2.29. The van der Waals surface area contributed by atoms with E-state index in [0.717, 1.165) is 4.90 Å². The molecule has 0 spiro atoms. The molecule has 2 aromatic rings. The second-order valence-electron chi connectivity index (χ2n) is 4.46. The lowest BCUT2D eigenvalue weighted by molar-refractivity contribution is 0.0926. The molecule has 0 atom stereocenters. The minimum atomic E-state index is -0.355. The van der Waals surface area contributed by atoms with Gasteiger partial charge >= 0.3 is 0 Å². The lowest BCUT2D eigenvalue weighted by atomic mass is 10.1. The summed E-state index contributed by atoms with van der Waals surface area (Å²) in [5.41, 5.74) is 7.11. The first kappa shape index (κ1) is 12.1. The Morgan fingerprint density at radius 1 is 0.950 bits per heavy atom. The molecule has 1 heterocycles. The van der Waals surface area contributed by atoms with Crippen LogP contribution >= 0.6 is 0 Å². The summed E-state index contributed by atoms with van der Waals surface area (Å²) in [7, 11) is 0. The molecule has 0 saturated heterocycles. The van der Waals surface area contributed by atoms with E-state index in [2.05, 4.69) is 0 Å². The quantitative estimate of drug-likeness (QED) is 0.493. The molecule has 5 heteroatoms. The van der Waals surface area contributed by atoms with Gasteiger partial charge in [-0.05, 0) is 24.3 Å². The van der Waals surface area contributed by atoms with Gasteiger partial charge in [-0.2, -0.15) is 0 Å². The number of hydrogen-bond donors (Lipinski definition) is 2. The number of nitrogens with one attached hydrogen (secondary N) is 1. The Hall–Kier alpha value is -2.95. The third kappa shape index (κ3) is 1.68. The number of nitrogens with zero attached hydrogens (tertiary/aromatic N) is 1. The van der Waals surface area contributed by atoms with Crippen molar-refractivity contribution in [2.75, 3.05) is 4.90 Å². The summed E-state index contributed by atoms with van der Waals surface area (Å²) in [5, 5.41) is 7.42. The number of amidine groups is 1. The van der Waals surface area contributed by atoms with E-state index in [1.807, 2.05) is 0 Å². The van der Waals surface area contributed by atoms with Gasteiger partial charge in [-0.15, -0.1) is 0 Å². The molecule has 20 heavy (non-hydrogen) atoms. The summed E-state index contributed by atoms with van der Waals surface area (Å²) in [5.74, 6) is -0.818. The van der Waals surface area contributed by atoms with Gasteiger partial charge in [0.15, 0.2) is 0 Å². The summed E-state index contributed by atoms with van der Waals surface area (Å²) in [4.78, 5) is 25.7. The van der Waals surface area contributed by atoms with Crippen LogP contribution in [0.2, 0.25) is 0 Å². The largest absolute Gasteiger partial charge is 0.384 e. The van der Waals surface area contributed by atoms with Crippen molar-refractivity contribution in [3.8, 4) is 0 Å². The second kappa shape index (κ2) is 4.31. The number of carbonyl (C=O) groups excluding carboxylic acids is 2. The van der Waals surface area contributed by atoms with Gasteiger partial charge in [0.25, 0.3) is 11.8 Å². The first-order valence-electron chi connectivity index (χ1n) is 6.02. The van der Waals surface area contributed by atoms with Crippen LogP contribution in [0.5, 0.6) is 0 Å². The lowest BCUT2D eigenvalue weighted by Gasteiger charge is -2.14. The molecule has 2 amide bonds. The van der Waals surface area contributed by atoms with Crippen LogP contribution in [0.1, 0.15) is 26.3 Å². The SMILES string of the molecule is N=C(N)c1cccc(N2C(=O)c3ccccc3C2=O)c1. The Bertz CT molecular complexity index is 717. The van der Waals surface area contributed by atoms with Crippen LogP contribution in [0.15, 0.2) is 48.5 Å². The molecule has 0 unspecified atom stereocenters. The van der Waals surface area contributed by atoms with Crippen molar-refractivity contribution < 1.29 is 9.59 Å². The van der Waals surface area contributed by atoms with E-state index in [0.29, 0.717) is 22.4 Å². The van der Waals surface area contributed by atoms with E-state index in [4.69, 9.17) is 11.1 Å². The van der Waals surface area contributed by atoms with Gasteiger partial charge in [-0.25, -0.2) is 4.90 Å². The number of hydrogen-bond acceptors (Lipinski definition) is 3. The fourth-order valence-corrected chi connectivity index (χ4v) is 2.24.